The number of carboxylic acid groups (broad SMARTS) is 1. The van der Waals surface area contributed by atoms with Gasteiger partial charge in [-0.2, -0.15) is 0 Å². The minimum Gasteiger partial charge on any atom is -0.477 e. The predicted octanol–water partition coefficient (Wildman–Crippen LogP) is 1.44. The predicted molar refractivity (Wildman–Crippen MR) is 53.0 cm³/mol. The molecule has 1 aromatic heterocycles. The lowest BCUT2D eigenvalue weighted by Gasteiger charge is -2.17. The van der Waals surface area contributed by atoms with Crippen LogP contribution in [0.1, 0.15) is 35.9 Å². The maximum Gasteiger partial charge on any atom is 0.354 e. The van der Waals surface area contributed by atoms with Gasteiger partial charge in [0.15, 0.2) is 5.69 Å². The number of nitrogens with zero attached hydrogens (tertiary/aromatic N) is 1. The van der Waals surface area contributed by atoms with Crippen LogP contribution in [-0.4, -0.2) is 16.1 Å². The Morgan fingerprint density at radius 3 is 2.71 bits per heavy atom. The van der Waals surface area contributed by atoms with E-state index < -0.39 is 5.97 Å². The number of hydrogen-bond acceptors (Lipinski definition) is 3. The molecule has 0 unspecified atom stereocenters. The van der Waals surface area contributed by atoms with Crippen molar-refractivity contribution in [3.8, 4) is 0 Å². The molecule has 14 heavy (non-hydrogen) atoms. The van der Waals surface area contributed by atoms with Crippen molar-refractivity contribution < 1.29 is 9.90 Å². The van der Waals surface area contributed by atoms with Crippen LogP contribution in [0.4, 0.5) is 0 Å². The molecule has 4 nitrogen and oxygen atoms in total. The topological polar surface area (TPSA) is 76.2 Å². The molecule has 1 rings (SSSR count). The fourth-order valence-corrected chi connectivity index (χ4v) is 1.22. The van der Waals surface area contributed by atoms with Crippen LogP contribution in [0.3, 0.4) is 0 Å². The number of carboxylic acids is 1. The summed E-state index contributed by atoms with van der Waals surface area (Å²) in [5.41, 5.74) is 6.52. The maximum absolute atomic E-state index is 10.8. The SMILES string of the molecule is CC(C)[C@@H](N)c1cccnc1C(=O)O. The van der Waals surface area contributed by atoms with E-state index >= 15 is 0 Å². The van der Waals surface area contributed by atoms with Crippen molar-refractivity contribution in [2.45, 2.75) is 19.9 Å². The van der Waals surface area contributed by atoms with Gasteiger partial charge in [0.05, 0.1) is 0 Å². The molecule has 0 radical (unpaired) electrons. The van der Waals surface area contributed by atoms with Gasteiger partial charge in [-0.15, -0.1) is 0 Å². The molecule has 1 atom stereocenters. The number of aromatic nitrogens is 1. The lowest BCUT2D eigenvalue weighted by molar-refractivity contribution is 0.0688. The van der Waals surface area contributed by atoms with Crippen LogP contribution in [-0.2, 0) is 0 Å². The molecule has 0 saturated heterocycles. The number of aromatic carboxylic acids is 1. The van der Waals surface area contributed by atoms with Gasteiger partial charge in [0.2, 0.25) is 0 Å². The Morgan fingerprint density at radius 1 is 1.57 bits per heavy atom. The first-order chi connectivity index (χ1) is 6.54. The number of hydrogen-bond donors (Lipinski definition) is 2. The first-order valence-electron chi connectivity index (χ1n) is 4.47. The zero-order chi connectivity index (χ0) is 10.7. The van der Waals surface area contributed by atoms with Crippen LogP contribution in [0, 0.1) is 5.92 Å². The normalized spacial score (nSPS) is 12.9. The highest BCUT2D eigenvalue weighted by molar-refractivity contribution is 5.87. The van der Waals surface area contributed by atoms with Gasteiger partial charge in [-0.1, -0.05) is 19.9 Å². The monoisotopic (exact) mass is 194 g/mol. The largest absolute Gasteiger partial charge is 0.477 e. The molecule has 0 aliphatic carbocycles. The Hall–Kier alpha value is -1.42. The molecular weight excluding hydrogens is 180 g/mol. The Morgan fingerprint density at radius 2 is 2.21 bits per heavy atom. The molecule has 0 spiro atoms. The minimum absolute atomic E-state index is 0.0497. The maximum atomic E-state index is 10.8. The van der Waals surface area contributed by atoms with E-state index in [4.69, 9.17) is 10.8 Å². The Labute approximate surface area is 82.8 Å². The summed E-state index contributed by atoms with van der Waals surface area (Å²) in [6, 6.07) is 3.13. The first kappa shape index (κ1) is 10.7. The third kappa shape index (κ3) is 2.09. The van der Waals surface area contributed by atoms with Crippen molar-refractivity contribution in [2.24, 2.45) is 11.7 Å². The van der Waals surface area contributed by atoms with Crippen LogP contribution in [0.2, 0.25) is 0 Å². The van der Waals surface area contributed by atoms with E-state index in [1.54, 1.807) is 12.1 Å². The summed E-state index contributed by atoms with van der Waals surface area (Å²) in [6.45, 7) is 3.90. The van der Waals surface area contributed by atoms with Crippen molar-refractivity contribution >= 4 is 5.97 Å². The molecule has 0 aromatic carbocycles. The van der Waals surface area contributed by atoms with Gasteiger partial charge in [-0.25, -0.2) is 9.78 Å². The summed E-state index contributed by atoms with van der Waals surface area (Å²) in [5.74, 6) is -0.839. The molecular formula is C10H14N2O2. The van der Waals surface area contributed by atoms with E-state index in [1.165, 1.54) is 6.20 Å². The molecule has 1 heterocycles. The molecule has 0 amide bonds. The average Bonchev–Trinajstić information content (AvgIpc) is 2.16. The van der Waals surface area contributed by atoms with Gasteiger partial charge < -0.3 is 10.8 Å². The van der Waals surface area contributed by atoms with Crippen LogP contribution in [0.5, 0.6) is 0 Å². The molecule has 0 aliphatic rings. The fourth-order valence-electron chi connectivity index (χ4n) is 1.22. The zero-order valence-electron chi connectivity index (χ0n) is 8.27. The Balaban J connectivity index is 3.13. The van der Waals surface area contributed by atoms with Crippen molar-refractivity contribution in [3.63, 3.8) is 0 Å². The zero-order valence-corrected chi connectivity index (χ0v) is 8.27. The number of carbonyl (C=O) groups is 1. The molecule has 0 fully saturated rings. The van der Waals surface area contributed by atoms with Crippen LogP contribution in [0.25, 0.3) is 0 Å². The highest BCUT2D eigenvalue weighted by Crippen LogP contribution is 2.20. The number of rotatable bonds is 3. The van der Waals surface area contributed by atoms with Crippen LogP contribution < -0.4 is 5.73 Å². The van der Waals surface area contributed by atoms with E-state index in [-0.39, 0.29) is 17.7 Å². The fraction of sp³-hybridized carbons (Fsp3) is 0.400. The average molecular weight is 194 g/mol. The van der Waals surface area contributed by atoms with E-state index in [2.05, 4.69) is 4.98 Å². The van der Waals surface area contributed by atoms with E-state index in [9.17, 15) is 4.79 Å². The molecule has 76 valence electrons. The van der Waals surface area contributed by atoms with Gasteiger partial charge in [0, 0.05) is 17.8 Å². The first-order valence-corrected chi connectivity index (χ1v) is 4.47. The molecule has 1 aromatic rings. The van der Waals surface area contributed by atoms with Crippen molar-refractivity contribution in [1.29, 1.82) is 0 Å². The van der Waals surface area contributed by atoms with Crippen molar-refractivity contribution in [1.82, 2.24) is 4.98 Å². The highest BCUT2D eigenvalue weighted by atomic mass is 16.4. The summed E-state index contributed by atoms with van der Waals surface area (Å²) in [6.07, 6.45) is 1.46. The molecule has 0 bridgehead atoms. The van der Waals surface area contributed by atoms with E-state index in [1.807, 2.05) is 13.8 Å². The molecule has 3 N–H and O–H groups in total. The van der Waals surface area contributed by atoms with Gasteiger partial charge in [-0.3, -0.25) is 0 Å². The summed E-state index contributed by atoms with van der Waals surface area (Å²) in [4.78, 5) is 14.6. The van der Waals surface area contributed by atoms with Gasteiger partial charge in [0.1, 0.15) is 0 Å². The van der Waals surface area contributed by atoms with Gasteiger partial charge in [0.25, 0.3) is 0 Å². The van der Waals surface area contributed by atoms with Crippen LogP contribution in [0.15, 0.2) is 18.3 Å². The van der Waals surface area contributed by atoms with Crippen LogP contribution >= 0.6 is 0 Å². The second-order valence-corrected chi connectivity index (χ2v) is 3.52. The smallest absolute Gasteiger partial charge is 0.354 e. The van der Waals surface area contributed by atoms with Crippen molar-refractivity contribution in [3.05, 3.63) is 29.6 Å². The highest BCUT2D eigenvalue weighted by Gasteiger charge is 2.18. The van der Waals surface area contributed by atoms with E-state index in [0.29, 0.717) is 5.56 Å². The Kier molecular flexibility index (Phi) is 3.19. The summed E-state index contributed by atoms with van der Waals surface area (Å²) >= 11 is 0. The summed E-state index contributed by atoms with van der Waals surface area (Å²) < 4.78 is 0. The molecule has 0 aliphatic heterocycles. The number of pyridine rings is 1. The lowest BCUT2D eigenvalue weighted by Crippen LogP contribution is -2.20. The quantitative estimate of drug-likeness (QED) is 0.763. The molecule has 0 saturated carbocycles. The second kappa shape index (κ2) is 4.19. The van der Waals surface area contributed by atoms with Crippen molar-refractivity contribution in [2.75, 3.05) is 0 Å². The lowest BCUT2D eigenvalue weighted by atomic mass is 9.96. The Bertz CT molecular complexity index is 337. The molecule has 4 heteroatoms. The third-order valence-corrected chi connectivity index (χ3v) is 2.12. The summed E-state index contributed by atoms with van der Waals surface area (Å²) in [7, 11) is 0. The number of nitrogens with two attached hydrogens (primary N) is 1. The summed E-state index contributed by atoms with van der Waals surface area (Å²) in [5, 5.41) is 8.88. The minimum atomic E-state index is -1.03. The van der Waals surface area contributed by atoms with Gasteiger partial charge >= 0.3 is 5.97 Å². The standard InChI is InChI=1S/C10H14N2O2/c1-6(2)8(11)7-4-3-5-12-9(7)10(13)14/h3-6,8H,11H2,1-2H3,(H,13,14)/t8-/m1/s1. The van der Waals surface area contributed by atoms with E-state index in [0.717, 1.165) is 0 Å². The second-order valence-electron chi connectivity index (χ2n) is 3.52. The van der Waals surface area contributed by atoms with Gasteiger partial charge in [-0.05, 0) is 12.0 Å². The third-order valence-electron chi connectivity index (χ3n) is 2.12.